The number of amides is 1. The lowest BCUT2D eigenvalue weighted by molar-refractivity contribution is -0.0613. The first-order valence-electron chi connectivity index (χ1n) is 8.88. The van der Waals surface area contributed by atoms with Gasteiger partial charge in [-0.25, -0.2) is 0 Å². The van der Waals surface area contributed by atoms with Crippen molar-refractivity contribution in [3.8, 4) is 0 Å². The first kappa shape index (κ1) is 16.3. The highest BCUT2D eigenvalue weighted by atomic mass is 16.5. The van der Waals surface area contributed by atoms with E-state index in [1.165, 1.54) is 0 Å². The van der Waals surface area contributed by atoms with Crippen molar-refractivity contribution >= 4 is 5.91 Å². The van der Waals surface area contributed by atoms with E-state index in [4.69, 9.17) is 9.47 Å². The summed E-state index contributed by atoms with van der Waals surface area (Å²) in [5, 5.41) is 3.10. The van der Waals surface area contributed by atoms with Crippen LogP contribution in [0.15, 0.2) is 42.7 Å². The van der Waals surface area contributed by atoms with Gasteiger partial charge in [-0.15, -0.1) is 0 Å². The summed E-state index contributed by atoms with van der Waals surface area (Å²) in [5.74, 6) is -0.0566. The van der Waals surface area contributed by atoms with Crippen LogP contribution in [0.3, 0.4) is 0 Å². The molecule has 6 nitrogen and oxygen atoms in total. The normalized spacial score (nSPS) is 23.4. The number of hydrogen-bond acceptors (Lipinski definition) is 4. The van der Waals surface area contributed by atoms with E-state index in [0.29, 0.717) is 25.9 Å². The number of aromatic nitrogens is 2. The molecule has 1 aliphatic carbocycles. The van der Waals surface area contributed by atoms with Gasteiger partial charge in [0.15, 0.2) is 0 Å². The van der Waals surface area contributed by atoms with Crippen molar-refractivity contribution < 1.29 is 14.3 Å². The molecule has 1 saturated carbocycles. The molecule has 0 unspecified atom stereocenters. The lowest BCUT2D eigenvalue weighted by Crippen LogP contribution is -2.50. The number of hydrogen-bond donors (Lipinski definition) is 1. The largest absolute Gasteiger partial charge is 0.379 e. The number of nitrogens with zero attached hydrogens (tertiary/aromatic N) is 2. The molecule has 2 atom stereocenters. The van der Waals surface area contributed by atoms with Crippen molar-refractivity contribution in [1.82, 2.24) is 14.9 Å². The molecule has 1 N–H and O–H groups in total. The Morgan fingerprint density at radius 3 is 3.00 bits per heavy atom. The summed E-state index contributed by atoms with van der Waals surface area (Å²) < 4.78 is 13.7. The zero-order valence-electron chi connectivity index (χ0n) is 14.1. The molecule has 132 valence electrons. The van der Waals surface area contributed by atoms with Crippen LogP contribution in [0.5, 0.6) is 0 Å². The van der Waals surface area contributed by atoms with Gasteiger partial charge in [0.2, 0.25) is 0 Å². The van der Waals surface area contributed by atoms with E-state index in [9.17, 15) is 4.79 Å². The molecule has 0 radical (unpaired) electrons. The summed E-state index contributed by atoms with van der Waals surface area (Å²) in [7, 11) is 0. The second kappa shape index (κ2) is 7.37. The average molecular weight is 341 g/mol. The summed E-state index contributed by atoms with van der Waals surface area (Å²) in [6.07, 6.45) is 6.74. The molecule has 3 heterocycles. The Morgan fingerprint density at radius 1 is 1.28 bits per heavy atom. The minimum atomic E-state index is -0.146. The summed E-state index contributed by atoms with van der Waals surface area (Å²) in [6, 6.07) is 9.91. The Balaban J connectivity index is 1.38. The average Bonchev–Trinajstić information content (AvgIpc) is 3.38. The molecule has 0 bridgehead atoms. The second-order valence-corrected chi connectivity index (χ2v) is 6.65. The zero-order valence-corrected chi connectivity index (χ0v) is 14.1. The number of pyridine rings is 1. The SMILES string of the molecule is O=C(N[C@@H]1COCC[C@H]1OCc1ccccn1)c1cccn1C1CC1. The quantitative estimate of drug-likeness (QED) is 0.876. The summed E-state index contributed by atoms with van der Waals surface area (Å²) in [5.41, 5.74) is 1.61. The fourth-order valence-electron chi connectivity index (χ4n) is 3.23. The highest BCUT2D eigenvalue weighted by Crippen LogP contribution is 2.36. The molecule has 25 heavy (non-hydrogen) atoms. The van der Waals surface area contributed by atoms with Crippen LogP contribution < -0.4 is 5.32 Å². The van der Waals surface area contributed by atoms with Crippen LogP contribution in [0.2, 0.25) is 0 Å². The molecule has 6 heteroatoms. The third-order valence-electron chi connectivity index (χ3n) is 4.73. The first-order chi connectivity index (χ1) is 12.3. The Labute approximate surface area is 147 Å². The van der Waals surface area contributed by atoms with Crippen LogP contribution in [0, 0.1) is 0 Å². The maximum Gasteiger partial charge on any atom is 0.268 e. The molecule has 2 aliphatic rings. The molecule has 1 aliphatic heterocycles. The first-order valence-corrected chi connectivity index (χ1v) is 8.88. The van der Waals surface area contributed by atoms with Gasteiger partial charge in [-0.1, -0.05) is 6.07 Å². The number of rotatable bonds is 6. The van der Waals surface area contributed by atoms with Crippen LogP contribution in [-0.4, -0.2) is 40.8 Å². The molecule has 4 rings (SSSR count). The van der Waals surface area contributed by atoms with Gasteiger partial charge in [0, 0.05) is 25.0 Å². The summed E-state index contributed by atoms with van der Waals surface area (Å²) in [6.45, 7) is 1.57. The van der Waals surface area contributed by atoms with Crippen molar-refractivity contribution in [1.29, 1.82) is 0 Å². The second-order valence-electron chi connectivity index (χ2n) is 6.65. The van der Waals surface area contributed by atoms with Crippen LogP contribution in [0.25, 0.3) is 0 Å². The van der Waals surface area contributed by atoms with E-state index < -0.39 is 0 Å². The Morgan fingerprint density at radius 2 is 2.20 bits per heavy atom. The number of carbonyl (C=O) groups is 1. The van der Waals surface area contributed by atoms with Crippen molar-refractivity contribution in [2.24, 2.45) is 0 Å². The van der Waals surface area contributed by atoms with E-state index in [1.54, 1.807) is 6.20 Å². The maximum atomic E-state index is 12.7. The summed E-state index contributed by atoms with van der Waals surface area (Å²) in [4.78, 5) is 17.0. The standard InChI is InChI=1S/C19H23N3O3/c23-19(17-5-3-10-22(17)15-6-7-15)21-16-13-24-11-8-18(16)25-12-14-4-1-2-9-20-14/h1-5,9-10,15-16,18H,6-8,11-13H2,(H,21,23)/t16-,18-/m1/s1. The van der Waals surface area contributed by atoms with Crippen LogP contribution >= 0.6 is 0 Å². The minimum absolute atomic E-state index is 0.0566. The van der Waals surface area contributed by atoms with E-state index in [2.05, 4.69) is 14.9 Å². The van der Waals surface area contributed by atoms with Gasteiger partial charge in [0.1, 0.15) is 5.69 Å². The van der Waals surface area contributed by atoms with E-state index >= 15 is 0 Å². The molecule has 1 amide bonds. The van der Waals surface area contributed by atoms with Gasteiger partial charge < -0.3 is 19.4 Å². The molecule has 1 saturated heterocycles. The van der Waals surface area contributed by atoms with E-state index in [0.717, 1.165) is 30.7 Å². The monoisotopic (exact) mass is 341 g/mol. The molecule has 0 spiro atoms. The third-order valence-corrected chi connectivity index (χ3v) is 4.73. The Kier molecular flexibility index (Phi) is 4.81. The number of carbonyl (C=O) groups excluding carboxylic acids is 1. The fourth-order valence-corrected chi connectivity index (χ4v) is 3.23. The van der Waals surface area contributed by atoms with Gasteiger partial charge in [-0.05, 0) is 43.5 Å². The van der Waals surface area contributed by atoms with Gasteiger partial charge in [-0.3, -0.25) is 9.78 Å². The van der Waals surface area contributed by atoms with Crippen LogP contribution in [0.1, 0.15) is 41.5 Å². The highest BCUT2D eigenvalue weighted by molar-refractivity contribution is 5.93. The van der Waals surface area contributed by atoms with Crippen LogP contribution in [-0.2, 0) is 16.1 Å². The lowest BCUT2D eigenvalue weighted by Gasteiger charge is -2.32. The molecule has 2 fully saturated rings. The van der Waals surface area contributed by atoms with Crippen molar-refractivity contribution in [3.05, 3.63) is 54.1 Å². The van der Waals surface area contributed by atoms with E-state index in [1.807, 2.05) is 36.5 Å². The highest BCUT2D eigenvalue weighted by Gasteiger charge is 2.31. The molecule has 2 aromatic heterocycles. The third kappa shape index (κ3) is 3.91. The van der Waals surface area contributed by atoms with E-state index in [-0.39, 0.29) is 18.1 Å². The van der Waals surface area contributed by atoms with Gasteiger partial charge in [0.25, 0.3) is 5.91 Å². The lowest BCUT2D eigenvalue weighted by atomic mass is 10.1. The van der Waals surface area contributed by atoms with Crippen molar-refractivity contribution in [2.75, 3.05) is 13.2 Å². The molecular weight excluding hydrogens is 318 g/mol. The topological polar surface area (TPSA) is 65.4 Å². The van der Waals surface area contributed by atoms with Gasteiger partial charge in [-0.2, -0.15) is 0 Å². The Hall–Kier alpha value is -2.18. The smallest absolute Gasteiger partial charge is 0.268 e. The molecule has 2 aromatic rings. The van der Waals surface area contributed by atoms with Crippen molar-refractivity contribution in [2.45, 2.75) is 44.1 Å². The maximum absolute atomic E-state index is 12.7. The summed E-state index contributed by atoms with van der Waals surface area (Å²) >= 11 is 0. The molecule has 0 aromatic carbocycles. The number of ether oxygens (including phenoxy) is 2. The van der Waals surface area contributed by atoms with Crippen LogP contribution in [0.4, 0.5) is 0 Å². The molecular formula is C19H23N3O3. The Bertz CT molecular complexity index is 712. The van der Waals surface area contributed by atoms with Gasteiger partial charge in [0.05, 0.1) is 31.1 Å². The minimum Gasteiger partial charge on any atom is -0.379 e. The zero-order chi connectivity index (χ0) is 17.1. The predicted molar refractivity (Wildman–Crippen MR) is 92.2 cm³/mol. The number of nitrogens with one attached hydrogen (secondary N) is 1. The fraction of sp³-hybridized carbons (Fsp3) is 0.474. The van der Waals surface area contributed by atoms with Gasteiger partial charge >= 0.3 is 0 Å². The predicted octanol–water partition coefficient (Wildman–Crippen LogP) is 2.32. The van der Waals surface area contributed by atoms with Crippen molar-refractivity contribution in [3.63, 3.8) is 0 Å².